The number of likely N-dealkylation sites (tertiary alicyclic amines) is 1. The molecule has 0 N–H and O–H groups in total. The Morgan fingerprint density at radius 1 is 1.09 bits per heavy atom. The quantitative estimate of drug-likeness (QED) is 0.550. The van der Waals surface area contributed by atoms with Gasteiger partial charge < -0.3 is 14.4 Å². The summed E-state index contributed by atoms with van der Waals surface area (Å²) in [4.78, 5) is 14.3. The number of hydrogen-bond acceptors (Lipinski definition) is 3. The van der Waals surface area contributed by atoms with E-state index in [9.17, 15) is 18.0 Å². The smallest absolute Gasteiger partial charge is 0.416 e. The van der Waals surface area contributed by atoms with Gasteiger partial charge in [0.15, 0.2) is 0 Å². The lowest BCUT2D eigenvalue weighted by molar-refractivity contribution is -0.137. The molecule has 1 fully saturated rings. The normalized spacial score (nSPS) is 19.5. The molecule has 1 heterocycles. The molecule has 174 valence electrons. The van der Waals surface area contributed by atoms with Crippen LogP contribution in [0.25, 0.3) is 0 Å². The Balaban J connectivity index is 1.87. The number of carbonyl (C=O) groups excluding carboxylic acids is 1. The van der Waals surface area contributed by atoms with E-state index < -0.39 is 17.3 Å². The lowest BCUT2D eigenvalue weighted by atomic mass is 9.77. The molecular formula is C25H30F3NO3. The molecule has 0 aliphatic carbocycles. The zero-order valence-corrected chi connectivity index (χ0v) is 18.9. The number of alkyl halides is 3. The highest BCUT2D eigenvalue weighted by Gasteiger charge is 2.36. The van der Waals surface area contributed by atoms with Gasteiger partial charge >= 0.3 is 12.3 Å². The molecule has 2 aromatic rings. The first-order valence-corrected chi connectivity index (χ1v) is 10.7. The van der Waals surface area contributed by atoms with Crippen molar-refractivity contribution in [1.29, 1.82) is 0 Å². The molecule has 0 bridgehead atoms. The first kappa shape index (κ1) is 24.0. The fourth-order valence-corrected chi connectivity index (χ4v) is 4.18. The summed E-state index contributed by atoms with van der Waals surface area (Å²) in [6, 6.07) is 13.2. The summed E-state index contributed by atoms with van der Waals surface area (Å²) in [6.45, 7) is 6.30. The molecule has 7 heteroatoms. The fraction of sp³-hybridized carbons (Fsp3) is 0.480. The third-order valence-corrected chi connectivity index (χ3v) is 5.68. The SMILES string of the molecule is COc1ccc(CC2CN(C(=O)OC(C)(C)C)CCC2c2cccc(C(F)(F)F)c2)cc1. The van der Waals surface area contributed by atoms with Crippen molar-refractivity contribution in [3.63, 3.8) is 0 Å². The minimum absolute atomic E-state index is 0.0480. The molecule has 1 aliphatic rings. The van der Waals surface area contributed by atoms with Crippen molar-refractivity contribution in [1.82, 2.24) is 4.90 Å². The Bertz CT molecular complexity index is 919. The van der Waals surface area contributed by atoms with Gasteiger partial charge in [0, 0.05) is 13.1 Å². The maximum Gasteiger partial charge on any atom is 0.416 e. The summed E-state index contributed by atoms with van der Waals surface area (Å²) in [5.41, 5.74) is 0.439. The van der Waals surface area contributed by atoms with Gasteiger partial charge in [-0.25, -0.2) is 4.79 Å². The van der Waals surface area contributed by atoms with Crippen LogP contribution >= 0.6 is 0 Å². The summed E-state index contributed by atoms with van der Waals surface area (Å²) >= 11 is 0. The highest BCUT2D eigenvalue weighted by molar-refractivity contribution is 5.68. The van der Waals surface area contributed by atoms with Crippen LogP contribution in [0, 0.1) is 5.92 Å². The summed E-state index contributed by atoms with van der Waals surface area (Å²) in [6.07, 6.45) is -3.58. The van der Waals surface area contributed by atoms with Crippen LogP contribution in [0.4, 0.5) is 18.0 Å². The van der Waals surface area contributed by atoms with E-state index in [4.69, 9.17) is 9.47 Å². The number of rotatable bonds is 4. The highest BCUT2D eigenvalue weighted by Crippen LogP contribution is 2.38. The predicted molar refractivity (Wildman–Crippen MR) is 117 cm³/mol. The van der Waals surface area contributed by atoms with Crippen molar-refractivity contribution in [2.24, 2.45) is 5.92 Å². The molecule has 2 atom stereocenters. The van der Waals surface area contributed by atoms with Crippen molar-refractivity contribution >= 4 is 6.09 Å². The second-order valence-electron chi connectivity index (χ2n) is 9.26. The van der Waals surface area contributed by atoms with E-state index in [1.807, 2.05) is 45.0 Å². The van der Waals surface area contributed by atoms with Gasteiger partial charge in [-0.2, -0.15) is 13.2 Å². The van der Waals surface area contributed by atoms with Gasteiger partial charge in [0.1, 0.15) is 11.4 Å². The second-order valence-corrected chi connectivity index (χ2v) is 9.26. The molecule has 2 aromatic carbocycles. The minimum Gasteiger partial charge on any atom is -0.497 e. The molecule has 3 rings (SSSR count). The monoisotopic (exact) mass is 449 g/mol. The van der Waals surface area contributed by atoms with Gasteiger partial charge in [-0.05, 0) is 74.8 Å². The molecule has 4 nitrogen and oxygen atoms in total. The van der Waals surface area contributed by atoms with Crippen molar-refractivity contribution < 1.29 is 27.4 Å². The van der Waals surface area contributed by atoms with E-state index >= 15 is 0 Å². The maximum atomic E-state index is 13.3. The van der Waals surface area contributed by atoms with E-state index in [2.05, 4.69) is 0 Å². The summed E-state index contributed by atoms with van der Waals surface area (Å²) in [5.74, 6) is 0.591. The topological polar surface area (TPSA) is 38.8 Å². The second kappa shape index (κ2) is 9.43. The summed E-state index contributed by atoms with van der Waals surface area (Å²) in [7, 11) is 1.60. The number of piperidine rings is 1. The van der Waals surface area contributed by atoms with Crippen LogP contribution in [-0.2, 0) is 17.3 Å². The molecule has 0 saturated carbocycles. The number of hydrogen-bond donors (Lipinski definition) is 0. The molecule has 0 radical (unpaired) electrons. The lowest BCUT2D eigenvalue weighted by Crippen LogP contribution is -2.45. The minimum atomic E-state index is -4.39. The zero-order chi connectivity index (χ0) is 23.5. The van der Waals surface area contributed by atoms with Crippen LogP contribution < -0.4 is 4.74 Å². The Morgan fingerprint density at radius 2 is 1.78 bits per heavy atom. The van der Waals surface area contributed by atoms with Crippen molar-refractivity contribution in [3.8, 4) is 5.75 Å². The molecule has 32 heavy (non-hydrogen) atoms. The van der Waals surface area contributed by atoms with Gasteiger partial charge in [0.05, 0.1) is 12.7 Å². The Morgan fingerprint density at radius 3 is 2.38 bits per heavy atom. The number of methoxy groups -OCH3 is 1. The first-order valence-electron chi connectivity index (χ1n) is 10.7. The fourth-order valence-electron chi connectivity index (χ4n) is 4.18. The van der Waals surface area contributed by atoms with Gasteiger partial charge in [0.2, 0.25) is 0 Å². The molecule has 2 unspecified atom stereocenters. The highest BCUT2D eigenvalue weighted by atomic mass is 19.4. The lowest BCUT2D eigenvalue weighted by Gasteiger charge is -2.39. The van der Waals surface area contributed by atoms with Crippen LogP contribution in [0.1, 0.15) is 49.8 Å². The molecular weight excluding hydrogens is 419 g/mol. The van der Waals surface area contributed by atoms with Crippen LogP contribution in [0.15, 0.2) is 48.5 Å². The predicted octanol–water partition coefficient (Wildman–Crippen LogP) is 6.30. The molecule has 0 aromatic heterocycles. The van der Waals surface area contributed by atoms with Gasteiger partial charge in [-0.1, -0.05) is 30.3 Å². The Kier molecular flexibility index (Phi) is 7.06. The average Bonchev–Trinajstić information content (AvgIpc) is 2.72. The third kappa shape index (κ3) is 6.17. The Hall–Kier alpha value is -2.70. The van der Waals surface area contributed by atoms with Crippen molar-refractivity contribution in [3.05, 3.63) is 65.2 Å². The number of nitrogens with zero attached hydrogens (tertiary/aromatic N) is 1. The zero-order valence-electron chi connectivity index (χ0n) is 18.9. The van der Waals surface area contributed by atoms with E-state index in [-0.39, 0.29) is 17.9 Å². The first-order chi connectivity index (χ1) is 15.0. The van der Waals surface area contributed by atoms with Crippen LogP contribution in [-0.4, -0.2) is 36.8 Å². The van der Waals surface area contributed by atoms with E-state index in [1.165, 1.54) is 12.1 Å². The van der Waals surface area contributed by atoms with Crippen molar-refractivity contribution in [2.75, 3.05) is 20.2 Å². The molecule has 1 saturated heterocycles. The summed E-state index contributed by atoms with van der Waals surface area (Å²) < 4.78 is 50.6. The van der Waals surface area contributed by atoms with Crippen LogP contribution in [0.5, 0.6) is 5.75 Å². The number of amides is 1. The molecule has 1 aliphatic heterocycles. The summed E-state index contributed by atoms with van der Waals surface area (Å²) in [5, 5.41) is 0. The molecule has 0 spiro atoms. The Labute approximate surface area is 187 Å². The van der Waals surface area contributed by atoms with Gasteiger partial charge in [-0.15, -0.1) is 0 Å². The van der Waals surface area contributed by atoms with E-state index in [1.54, 1.807) is 18.1 Å². The maximum absolute atomic E-state index is 13.3. The van der Waals surface area contributed by atoms with E-state index in [0.717, 1.165) is 17.4 Å². The van der Waals surface area contributed by atoms with Gasteiger partial charge in [0.25, 0.3) is 0 Å². The van der Waals surface area contributed by atoms with Crippen molar-refractivity contribution in [2.45, 2.75) is 51.3 Å². The number of ether oxygens (including phenoxy) is 2. The van der Waals surface area contributed by atoms with Crippen LogP contribution in [0.3, 0.4) is 0 Å². The van der Waals surface area contributed by atoms with Gasteiger partial charge in [-0.3, -0.25) is 0 Å². The number of carbonyl (C=O) groups is 1. The van der Waals surface area contributed by atoms with Crippen LogP contribution in [0.2, 0.25) is 0 Å². The molecule has 1 amide bonds. The standard InChI is InChI=1S/C25H30F3NO3/c1-24(2,3)32-23(30)29-13-12-22(18-6-5-7-20(15-18)25(26,27)28)19(16-29)14-17-8-10-21(31-4)11-9-17/h5-11,15,19,22H,12-14,16H2,1-4H3. The number of halogens is 3. The number of benzene rings is 2. The van der Waals surface area contributed by atoms with E-state index in [0.29, 0.717) is 31.5 Å². The largest absolute Gasteiger partial charge is 0.497 e. The average molecular weight is 450 g/mol. The third-order valence-electron chi connectivity index (χ3n) is 5.68.